The smallest absolute Gasteiger partial charge is 0.237 e. The molecule has 0 radical (unpaired) electrons. The van der Waals surface area contributed by atoms with Gasteiger partial charge in [-0.05, 0) is 22.9 Å². The first-order chi connectivity index (χ1) is 12.2. The summed E-state index contributed by atoms with van der Waals surface area (Å²) in [7, 11) is 0. The Kier molecular flexibility index (Phi) is 5.73. The summed E-state index contributed by atoms with van der Waals surface area (Å²) in [6, 6.07) is 9.70. The lowest BCUT2D eigenvalue weighted by Gasteiger charge is -2.03. The van der Waals surface area contributed by atoms with Gasteiger partial charge in [0.15, 0.2) is 5.82 Å². The Balaban J connectivity index is 1.47. The normalized spacial score (nSPS) is 10.8. The molecule has 1 N–H and O–H groups in total. The maximum absolute atomic E-state index is 12.0. The zero-order valence-electron chi connectivity index (χ0n) is 13.6. The van der Waals surface area contributed by atoms with Gasteiger partial charge in [0.05, 0.1) is 12.2 Å². The highest BCUT2D eigenvalue weighted by Gasteiger charge is 2.13. The molecule has 3 aromatic rings. The lowest BCUT2D eigenvalue weighted by Crippen LogP contribution is -2.24. The number of nitrogens with zero attached hydrogens (tertiary/aromatic N) is 6. The van der Waals surface area contributed by atoms with Crippen molar-refractivity contribution in [2.45, 2.75) is 37.3 Å². The minimum absolute atomic E-state index is 0.0771. The number of thioether (sulfide) groups is 1. The van der Waals surface area contributed by atoms with E-state index in [-0.39, 0.29) is 12.3 Å². The fraction of sp³-hybridized carbons (Fsp3) is 0.333. The van der Waals surface area contributed by atoms with Gasteiger partial charge in [-0.1, -0.05) is 47.3 Å². The van der Waals surface area contributed by atoms with Crippen LogP contribution in [0, 0.1) is 0 Å². The number of carbonyl (C=O) groups is 1. The molecule has 10 heteroatoms. The molecule has 1 amide bonds. The Morgan fingerprint density at radius 2 is 2.16 bits per heavy atom. The maximum atomic E-state index is 12.0. The number of aryl methyl sites for hydroxylation is 1. The van der Waals surface area contributed by atoms with Gasteiger partial charge < -0.3 is 9.84 Å². The lowest BCUT2D eigenvalue weighted by atomic mass is 10.2. The minimum atomic E-state index is -0.154. The van der Waals surface area contributed by atoms with E-state index in [1.807, 2.05) is 37.3 Å². The van der Waals surface area contributed by atoms with E-state index in [1.165, 1.54) is 11.8 Å². The molecule has 0 saturated heterocycles. The molecule has 130 valence electrons. The summed E-state index contributed by atoms with van der Waals surface area (Å²) < 4.78 is 6.84. The van der Waals surface area contributed by atoms with Crippen LogP contribution in [0.15, 0.2) is 40.0 Å². The molecule has 0 aliphatic rings. The van der Waals surface area contributed by atoms with Crippen LogP contribution in [0.5, 0.6) is 0 Å². The lowest BCUT2D eigenvalue weighted by molar-refractivity contribution is -0.120. The molecule has 25 heavy (non-hydrogen) atoms. The molecule has 0 unspecified atom stereocenters. The van der Waals surface area contributed by atoms with Crippen LogP contribution in [-0.2, 0) is 30.1 Å². The Morgan fingerprint density at radius 1 is 1.32 bits per heavy atom. The van der Waals surface area contributed by atoms with Crippen LogP contribution in [-0.4, -0.2) is 36.3 Å². The number of tetrazole rings is 1. The van der Waals surface area contributed by atoms with Gasteiger partial charge in [0.2, 0.25) is 17.0 Å². The topological polar surface area (TPSA) is 112 Å². The molecule has 2 heterocycles. The molecule has 0 atom stereocenters. The third kappa shape index (κ3) is 4.86. The van der Waals surface area contributed by atoms with E-state index in [4.69, 9.17) is 4.52 Å². The Hall–Kier alpha value is -2.75. The van der Waals surface area contributed by atoms with Gasteiger partial charge in [0, 0.05) is 13.1 Å². The first-order valence-electron chi connectivity index (χ1n) is 7.75. The van der Waals surface area contributed by atoms with E-state index < -0.39 is 0 Å². The van der Waals surface area contributed by atoms with Crippen molar-refractivity contribution in [3.63, 3.8) is 0 Å². The molecule has 0 bridgehead atoms. The highest BCUT2D eigenvalue weighted by molar-refractivity contribution is 7.98. The number of aromatic nitrogens is 6. The molecule has 0 aliphatic carbocycles. The molecule has 9 nitrogen and oxygen atoms in total. The molecule has 3 rings (SSSR count). The third-order valence-electron chi connectivity index (χ3n) is 3.28. The molecular formula is C15H17N7O2S. The van der Waals surface area contributed by atoms with Crippen LogP contribution in [0.4, 0.5) is 0 Å². The zero-order chi connectivity index (χ0) is 17.5. The fourth-order valence-electron chi connectivity index (χ4n) is 2.05. The second-order valence-corrected chi connectivity index (χ2v) is 6.05. The van der Waals surface area contributed by atoms with Crippen molar-refractivity contribution in [3.8, 4) is 0 Å². The van der Waals surface area contributed by atoms with Crippen molar-refractivity contribution >= 4 is 17.7 Å². The van der Waals surface area contributed by atoms with E-state index in [0.717, 1.165) is 5.56 Å². The van der Waals surface area contributed by atoms with Gasteiger partial charge in [0.1, 0.15) is 0 Å². The SMILES string of the molecule is CCn1nnnc1SCc1nc(CC(=O)NCc2ccccc2)no1. The molecule has 0 fully saturated rings. The summed E-state index contributed by atoms with van der Waals surface area (Å²) in [4.78, 5) is 16.2. The predicted octanol–water partition coefficient (Wildman–Crippen LogP) is 1.23. The molecule has 1 aromatic carbocycles. The van der Waals surface area contributed by atoms with Crippen molar-refractivity contribution in [1.29, 1.82) is 0 Å². The summed E-state index contributed by atoms with van der Waals surface area (Å²) in [6.45, 7) is 3.12. The highest BCUT2D eigenvalue weighted by atomic mass is 32.2. The van der Waals surface area contributed by atoms with E-state index in [1.54, 1.807) is 4.68 Å². The van der Waals surface area contributed by atoms with Crippen molar-refractivity contribution < 1.29 is 9.32 Å². The number of hydrogen-bond acceptors (Lipinski definition) is 8. The number of carbonyl (C=O) groups excluding carboxylic acids is 1. The van der Waals surface area contributed by atoms with Gasteiger partial charge in [-0.3, -0.25) is 4.79 Å². The number of rotatable bonds is 8. The summed E-state index contributed by atoms with van der Waals surface area (Å²) in [5, 5.41) is 18.7. The van der Waals surface area contributed by atoms with Crippen molar-refractivity contribution in [2.75, 3.05) is 0 Å². The van der Waals surface area contributed by atoms with Gasteiger partial charge in [0.25, 0.3) is 0 Å². The molecular weight excluding hydrogens is 342 g/mol. The van der Waals surface area contributed by atoms with Gasteiger partial charge >= 0.3 is 0 Å². The van der Waals surface area contributed by atoms with E-state index in [9.17, 15) is 4.79 Å². The summed E-state index contributed by atoms with van der Waals surface area (Å²) >= 11 is 1.40. The first-order valence-corrected chi connectivity index (χ1v) is 8.74. The van der Waals surface area contributed by atoms with E-state index in [0.29, 0.717) is 35.7 Å². The maximum Gasteiger partial charge on any atom is 0.237 e. The highest BCUT2D eigenvalue weighted by Crippen LogP contribution is 2.18. The second-order valence-electron chi connectivity index (χ2n) is 5.11. The first kappa shape index (κ1) is 17.1. The Labute approximate surface area is 148 Å². The Morgan fingerprint density at radius 3 is 2.96 bits per heavy atom. The second kappa shape index (κ2) is 8.38. The number of hydrogen-bond donors (Lipinski definition) is 1. The van der Waals surface area contributed by atoms with Crippen molar-refractivity contribution in [3.05, 3.63) is 47.6 Å². The standard InChI is InChI=1S/C15H17N7O2S/c1-2-22-15(18-20-21-22)25-10-14-17-12(19-24-14)8-13(23)16-9-11-6-4-3-5-7-11/h3-7H,2,8-10H2,1H3,(H,16,23). The number of amides is 1. The average molecular weight is 359 g/mol. The quantitative estimate of drug-likeness (QED) is 0.598. The fourth-order valence-corrected chi connectivity index (χ4v) is 2.83. The van der Waals surface area contributed by atoms with Crippen LogP contribution >= 0.6 is 11.8 Å². The predicted molar refractivity (Wildman–Crippen MR) is 89.3 cm³/mol. The van der Waals surface area contributed by atoms with E-state index in [2.05, 4.69) is 31.0 Å². The van der Waals surface area contributed by atoms with Crippen molar-refractivity contribution in [1.82, 2.24) is 35.7 Å². The summed E-state index contributed by atoms with van der Waals surface area (Å²) in [5.74, 6) is 1.08. The van der Waals surface area contributed by atoms with Gasteiger partial charge in [-0.15, -0.1) is 5.10 Å². The molecule has 0 aliphatic heterocycles. The summed E-state index contributed by atoms with van der Waals surface area (Å²) in [6.07, 6.45) is 0.0771. The third-order valence-corrected chi connectivity index (χ3v) is 4.23. The Bertz CT molecular complexity index is 818. The van der Waals surface area contributed by atoms with Gasteiger partial charge in [-0.25, -0.2) is 4.68 Å². The zero-order valence-corrected chi connectivity index (χ0v) is 14.4. The van der Waals surface area contributed by atoms with Crippen molar-refractivity contribution in [2.24, 2.45) is 0 Å². The average Bonchev–Trinajstić information content (AvgIpc) is 3.28. The number of nitrogens with one attached hydrogen (secondary N) is 1. The molecule has 0 spiro atoms. The minimum Gasteiger partial charge on any atom is -0.352 e. The van der Waals surface area contributed by atoms with Crippen LogP contribution in [0.25, 0.3) is 0 Å². The monoisotopic (exact) mass is 359 g/mol. The molecule has 2 aromatic heterocycles. The molecule has 0 saturated carbocycles. The largest absolute Gasteiger partial charge is 0.352 e. The van der Waals surface area contributed by atoms with Gasteiger partial charge in [-0.2, -0.15) is 4.98 Å². The van der Waals surface area contributed by atoms with Crippen LogP contribution in [0.3, 0.4) is 0 Å². The van der Waals surface area contributed by atoms with E-state index >= 15 is 0 Å². The van der Waals surface area contributed by atoms with Crippen LogP contribution in [0.2, 0.25) is 0 Å². The number of benzene rings is 1. The van der Waals surface area contributed by atoms with Crippen LogP contribution < -0.4 is 5.32 Å². The van der Waals surface area contributed by atoms with Crippen LogP contribution in [0.1, 0.15) is 24.2 Å². The summed E-state index contributed by atoms with van der Waals surface area (Å²) in [5.41, 5.74) is 1.04.